The van der Waals surface area contributed by atoms with Gasteiger partial charge in [0.25, 0.3) is 0 Å². The van der Waals surface area contributed by atoms with Gasteiger partial charge in [-0.05, 0) is 76.9 Å². The van der Waals surface area contributed by atoms with Crippen LogP contribution in [0, 0.1) is 0 Å². The number of para-hydroxylation sites is 1. The molecule has 0 unspecified atom stereocenters. The average Bonchev–Trinajstić information content (AvgIpc) is 3.03. The second-order valence-electron chi connectivity index (χ2n) is 12.3. The number of ether oxygens (including phenoxy) is 2. The summed E-state index contributed by atoms with van der Waals surface area (Å²) in [6, 6.07) is 29.7. The molecule has 0 bridgehead atoms. The SMILES string of the molecule is COc1cc2c(cc1OC)CN(CCc1ccc(Nc3nc(-c4ccc(C(C)(C)C)cc4)nc4ccccc34)cc1)CC2. The molecule has 220 valence electrons. The molecule has 0 saturated carbocycles. The fourth-order valence-corrected chi connectivity index (χ4v) is 5.73. The van der Waals surface area contributed by atoms with Crippen molar-refractivity contribution in [1.29, 1.82) is 0 Å². The summed E-state index contributed by atoms with van der Waals surface area (Å²) >= 11 is 0. The summed E-state index contributed by atoms with van der Waals surface area (Å²) in [5, 5.41) is 4.57. The van der Waals surface area contributed by atoms with Gasteiger partial charge in [-0.3, -0.25) is 4.90 Å². The molecule has 0 atom stereocenters. The number of methoxy groups -OCH3 is 2. The van der Waals surface area contributed by atoms with Crippen LogP contribution in [0.25, 0.3) is 22.3 Å². The summed E-state index contributed by atoms with van der Waals surface area (Å²) < 4.78 is 11.0. The van der Waals surface area contributed by atoms with E-state index in [0.29, 0.717) is 0 Å². The Morgan fingerprint density at radius 2 is 1.51 bits per heavy atom. The number of anilines is 2. The van der Waals surface area contributed by atoms with E-state index < -0.39 is 0 Å². The lowest BCUT2D eigenvalue weighted by Crippen LogP contribution is -2.32. The summed E-state index contributed by atoms with van der Waals surface area (Å²) in [4.78, 5) is 12.4. The molecule has 1 aliphatic rings. The van der Waals surface area contributed by atoms with Crippen LogP contribution < -0.4 is 14.8 Å². The maximum Gasteiger partial charge on any atom is 0.162 e. The van der Waals surface area contributed by atoms with Crippen molar-refractivity contribution in [2.75, 3.05) is 32.6 Å². The summed E-state index contributed by atoms with van der Waals surface area (Å²) in [7, 11) is 3.39. The maximum atomic E-state index is 5.53. The summed E-state index contributed by atoms with van der Waals surface area (Å²) in [6.45, 7) is 9.66. The Kier molecular flexibility index (Phi) is 8.04. The minimum absolute atomic E-state index is 0.101. The molecule has 5 aromatic rings. The second kappa shape index (κ2) is 12.1. The number of benzene rings is 4. The zero-order valence-corrected chi connectivity index (χ0v) is 25.8. The number of hydrogen-bond donors (Lipinski definition) is 1. The minimum atomic E-state index is 0.101. The monoisotopic (exact) mass is 572 g/mol. The summed E-state index contributed by atoms with van der Waals surface area (Å²) in [5.41, 5.74) is 8.33. The predicted octanol–water partition coefficient (Wildman–Crippen LogP) is 7.96. The van der Waals surface area contributed by atoms with Crippen LogP contribution in [0.1, 0.15) is 43.0 Å². The molecule has 0 aliphatic carbocycles. The van der Waals surface area contributed by atoms with Gasteiger partial charge in [-0.1, -0.05) is 69.3 Å². The molecule has 1 aliphatic heterocycles. The predicted molar refractivity (Wildman–Crippen MR) is 176 cm³/mol. The van der Waals surface area contributed by atoms with Gasteiger partial charge in [-0.15, -0.1) is 0 Å². The van der Waals surface area contributed by atoms with Crippen LogP contribution in [-0.4, -0.2) is 42.2 Å². The third-order valence-electron chi connectivity index (χ3n) is 8.34. The molecule has 6 rings (SSSR count). The first-order valence-corrected chi connectivity index (χ1v) is 15.0. The van der Waals surface area contributed by atoms with Gasteiger partial charge in [0.2, 0.25) is 0 Å². The molecule has 1 aromatic heterocycles. The summed E-state index contributed by atoms with van der Waals surface area (Å²) in [6.07, 6.45) is 2.02. The van der Waals surface area contributed by atoms with Gasteiger partial charge in [0, 0.05) is 36.3 Å². The Morgan fingerprint density at radius 1 is 0.814 bits per heavy atom. The second-order valence-corrected chi connectivity index (χ2v) is 12.3. The van der Waals surface area contributed by atoms with Crippen molar-refractivity contribution in [2.24, 2.45) is 0 Å². The van der Waals surface area contributed by atoms with Crippen LogP contribution in [0.3, 0.4) is 0 Å². The molecule has 1 N–H and O–H groups in total. The van der Waals surface area contributed by atoms with Gasteiger partial charge in [0.1, 0.15) is 5.82 Å². The Hall–Kier alpha value is -4.42. The van der Waals surface area contributed by atoms with Crippen molar-refractivity contribution < 1.29 is 9.47 Å². The van der Waals surface area contributed by atoms with Crippen LogP contribution in [0.5, 0.6) is 11.5 Å². The highest BCUT2D eigenvalue weighted by Gasteiger charge is 2.19. The topological polar surface area (TPSA) is 59.5 Å². The average molecular weight is 573 g/mol. The van der Waals surface area contributed by atoms with E-state index in [4.69, 9.17) is 19.4 Å². The number of rotatable bonds is 8. The molecule has 4 aromatic carbocycles. The van der Waals surface area contributed by atoms with Gasteiger partial charge >= 0.3 is 0 Å². The first-order chi connectivity index (χ1) is 20.8. The molecule has 0 saturated heterocycles. The van der Waals surface area contributed by atoms with Gasteiger partial charge in [0.05, 0.1) is 19.7 Å². The van der Waals surface area contributed by atoms with E-state index in [0.717, 1.165) is 77.8 Å². The van der Waals surface area contributed by atoms with E-state index in [1.165, 1.54) is 22.3 Å². The highest BCUT2D eigenvalue weighted by Crippen LogP contribution is 2.34. The van der Waals surface area contributed by atoms with Crippen molar-refractivity contribution >= 4 is 22.4 Å². The Bertz CT molecular complexity index is 1720. The van der Waals surface area contributed by atoms with Crippen LogP contribution in [-0.2, 0) is 24.8 Å². The molecule has 0 amide bonds. The van der Waals surface area contributed by atoms with E-state index in [9.17, 15) is 0 Å². The fourth-order valence-electron chi connectivity index (χ4n) is 5.73. The zero-order chi connectivity index (χ0) is 30.0. The molecule has 0 fully saturated rings. The normalized spacial score (nSPS) is 13.5. The first-order valence-electron chi connectivity index (χ1n) is 15.0. The number of fused-ring (bicyclic) bond motifs is 2. The third-order valence-corrected chi connectivity index (χ3v) is 8.34. The van der Waals surface area contributed by atoms with E-state index in [-0.39, 0.29) is 5.41 Å². The van der Waals surface area contributed by atoms with Gasteiger partial charge in [-0.25, -0.2) is 9.97 Å². The van der Waals surface area contributed by atoms with E-state index in [1.807, 2.05) is 18.2 Å². The number of nitrogens with one attached hydrogen (secondary N) is 1. The third kappa shape index (κ3) is 6.35. The standard InChI is InChI=1S/C37H40N4O2/c1-37(2,3)29-14-12-26(13-15-29)35-39-32-9-7-6-8-31(32)36(40-35)38-30-16-10-25(11-17-30)18-20-41-21-19-27-22-33(42-4)34(43-5)23-28(27)24-41/h6-17,22-23H,18-21,24H2,1-5H3,(H,38,39,40). The fraction of sp³-hybridized carbons (Fsp3) is 0.297. The van der Waals surface area contributed by atoms with Crippen molar-refractivity contribution in [3.63, 3.8) is 0 Å². The molecular weight excluding hydrogens is 532 g/mol. The Balaban J connectivity index is 1.15. The van der Waals surface area contributed by atoms with E-state index in [1.54, 1.807) is 14.2 Å². The Labute approximate surface area is 254 Å². The lowest BCUT2D eigenvalue weighted by molar-refractivity contribution is 0.255. The smallest absolute Gasteiger partial charge is 0.162 e. The molecule has 6 heteroatoms. The van der Waals surface area contributed by atoms with Crippen LogP contribution in [0.15, 0.2) is 84.9 Å². The highest BCUT2D eigenvalue weighted by molar-refractivity contribution is 5.92. The lowest BCUT2D eigenvalue weighted by atomic mass is 9.87. The van der Waals surface area contributed by atoms with Gasteiger partial charge in [0.15, 0.2) is 17.3 Å². The van der Waals surface area contributed by atoms with Crippen LogP contribution in [0.4, 0.5) is 11.5 Å². The number of aromatic nitrogens is 2. The van der Waals surface area contributed by atoms with Gasteiger partial charge < -0.3 is 14.8 Å². The molecule has 43 heavy (non-hydrogen) atoms. The van der Waals surface area contributed by atoms with Gasteiger partial charge in [-0.2, -0.15) is 0 Å². The Morgan fingerprint density at radius 3 is 2.21 bits per heavy atom. The molecule has 6 nitrogen and oxygen atoms in total. The van der Waals surface area contributed by atoms with E-state index in [2.05, 4.69) is 97.7 Å². The number of hydrogen-bond acceptors (Lipinski definition) is 6. The van der Waals surface area contributed by atoms with Crippen molar-refractivity contribution in [1.82, 2.24) is 14.9 Å². The first kappa shape index (κ1) is 28.7. The number of nitrogens with zero attached hydrogens (tertiary/aromatic N) is 3. The molecule has 0 radical (unpaired) electrons. The van der Waals surface area contributed by atoms with Crippen LogP contribution >= 0.6 is 0 Å². The maximum absolute atomic E-state index is 5.53. The van der Waals surface area contributed by atoms with E-state index >= 15 is 0 Å². The molecule has 2 heterocycles. The highest BCUT2D eigenvalue weighted by atomic mass is 16.5. The summed E-state index contributed by atoms with van der Waals surface area (Å²) in [5.74, 6) is 3.14. The molecular formula is C37H40N4O2. The lowest BCUT2D eigenvalue weighted by Gasteiger charge is -2.29. The minimum Gasteiger partial charge on any atom is -0.493 e. The largest absolute Gasteiger partial charge is 0.493 e. The van der Waals surface area contributed by atoms with Crippen molar-refractivity contribution in [2.45, 2.75) is 45.6 Å². The van der Waals surface area contributed by atoms with Crippen molar-refractivity contribution in [3.05, 3.63) is 107 Å². The van der Waals surface area contributed by atoms with Crippen molar-refractivity contribution in [3.8, 4) is 22.9 Å². The zero-order valence-electron chi connectivity index (χ0n) is 25.8. The quantitative estimate of drug-likeness (QED) is 0.204. The molecule has 0 spiro atoms. The van der Waals surface area contributed by atoms with Crippen LogP contribution in [0.2, 0.25) is 0 Å².